The van der Waals surface area contributed by atoms with Crippen LogP contribution in [0.3, 0.4) is 0 Å². The Bertz CT molecular complexity index is 1080. The highest BCUT2D eigenvalue weighted by molar-refractivity contribution is 8.00. The predicted molar refractivity (Wildman–Crippen MR) is 113 cm³/mol. The largest absolute Gasteiger partial charge is 0.379 e. The summed E-state index contributed by atoms with van der Waals surface area (Å²) < 4.78 is 46.3. The van der Waals surface area contributed by atoms with E-state index in [9.17, 15) is 12.8 Å². The van der Waals surface area contributed by atoms with Crippen molar-refractivity contribution in [2.24, 2.45) is 0 Å². The SMILES string of the molecule is O=S(=O)(c1cccc(CSc2nc(-c3ccc(F)cc3)cs2)c1)N1CCOCC1. The lowest BCUT2D eigenvalue weighted by Crippen LogP contribution is -2.40. The van der Waals surface area contributed by atoms with Crippen LogP contribution in [0, 0.1) is 5.82 Å². The van der Waals surface area contributed by atoms with E-state index < -0.39 is 10.0 Å². The van der Waals surface area contributed by atoms with Gasteiger partial charge in [0.05, 0.1) is 23.8 Å². The van der Waals surface area contributed by atoms with Crippen LogP contribution in [0.25, 0.3) is 11.3 Å². The fourth-order valence-electron chi connectivity index (χ4n) is 2.95. The molecule has 0 bridgehead atoms. The third kappa shape index (κ3) is 4.87. The van der Waals surface area contributed by atoms with Crippen LogP contribution in [0.1, 0.15) is 5.56 Å². The van der Waals surface area contributed by atoms with Gasteiger partial charge in [-0.2, -0.15) is 4.31 Å². The lowest BCUT2D eigenvalue weighted by atomic mass is 10.2. The third-order valence-corrected chi connectivity index (χ3v) is 8.48. The van der Waals surface area contributed by atoms with Crippen LogP contribution in [0.4, 0.5) is 4.39 Å². The van der Waals surface area contributed by atoms with Crippen LogP contribution in [-0.4, -0.2) is 44.0 Å². The highest BCUT2D eigenvalue weighted by Gasteiger charge is 2.26. The maximum Gasteiger partial charge on any atom is 0.243 e. The molecule has 1 aliphatic rings. The molecule has 9 heteroatoms. The van der Waals surface area contributed by atoms with E-state index in [0.29, 0.717) is 37.0 Å². The smallest absolute Gasteiger partial charge is 0.243 e. The summed E-state index contributed by atoms with van der Waals surface area (Å²) in [6, 6.07) is 13.3. The maximum atomic E-state index is 13.1. The van der Waals surface area contributed by atoms with Gasteiger partial charge in [0.25, 0.3) is 0 Å². The number of halogens is 1. The van der Waals surface area contributed by atoms with Crippen molar-refractivity contribution in [2.45, 2.75) is 15.0 Å². The zero-order valence-corrected chi connectivity index (χ0v) is 17.9. The van der Waals surface area contributed by atoms with Gasteiger partial charge in [-0.15, -0.1) is 11.3 Å². The van der Waals surface area contributed by atoms with Gasteiger partial charge >= 0.3 is 0 Å². The Morgan fingerprint density at radius 2 is 1.90 bits per heavy atom. The number of hydrogen-bond acceptors (Lipinski definition) is 6. The number of ether oxygens (including phenoxy) is 1. The zero-order chi connectivity index (χ0) is 20.3. The summed E-state index contributed by atoms with van der Waals surface area (Å²) in [6.45, 7) is 1.61. The minimum absolute atomic E-state index is 0.273. The second-order valence-corrected chi connectivity index (χ2v) is 10.5. The normalized spacial score (nSPS) is 15.5. The number of benzene rings is 2. The molecule has 0 atom stereocenters. The van der Waals surface area contributed by atoms with E-state index in [1.807, 2.05) is 11.4 Å². The summed E-state index contributed by atoms with van der Waals surface area (Å²) in [7, 11) is -3.50. The molecule has 0 unspecified atom stereocenters. The second kappa shape index (κ2) is 8.93. The van der Waals surface area contributed by atoms with Crippen LogP contribution in [0.2, 0.25) is 0 Å². The molecule has 1 fully saturated rings. The lowest BCUT2D eigenvalue weighted by Gasteiger charge is -2.26. The number of thioether (sulfide) groups is 1. The molecule has 152 valence electrons. The first-order valence-corrected chi connectivity index (χ1v) is 12.3. The number of nitrogens with zero attached hydrogens (tertiary/aromatic N) is 2. The maximum absolute atomic E-state index is 13.1. The highest BCUT2D eigenvalue weighted by atomic mass is 32.2. The Hall–Kier alpha value is -1.78. The standard InChI is InChI=1S/C20H19FN2O3S3/c21-17-6-4-16(5-7-17)19-14-28-20(22-19)27-13-15-2-1-3-18(12-15)29(24,25)23-8-10-26-11-9-23/h1-7,12,14H,8-11,13H2. The molecule has 0 radical (unpaired) electrons. The highest BCUT2D eigenvalue weighted by Crippen LogP contribution is 2.31. The van der Waals surface area contributed by atoms with Crippen molar-refractivity contribution in [1.29, 1.82) is 0 Å². The summed E-state index contributed by atoms with van der Waals surface area (Å²) in [5.41, 5.74) is 2.59. The van der Waals surface area contributed by atoms with Crippen molar-refractivity contribution in [2.75, 3.05) is 26.3 Å². The van der Waals surface area contributed by atoms with Crippen LogP contribution in [0.5, 0.6) is 0 Å². The second-order valence-electron chi connectivity index (χ2n) is 6.46. The minimum atomic E-state index is -3.50. The molecule has 4 rings (SSSR count). The summed E-state index contributed by atoms with van der Waals surface area (Å²) in [5.74, 6) is 0.341. The van der Waals surface area contributed by atoms with E-state index in [-0.39, 0.29) is 5.82 Å². The first-order valence-electron chi connectivity index (χ1n) is 9.03. The third-order valence-electron chi connectivity index (χ3n) is 4.49. The van der Waals surface area contributed by atoms with Crippen LogP contribution >= 0.6 is 23.1 Å². The van der Waals surface area contributed by atoms with Crippen LogP contribution < -0.4 is 0 Å². The van der Waals surface area contributed by atoms with Gasteiger partial charge in [0, 0.05) is 29.8 Å². The van der Waals surface area contributed by atoms with Crippen molar-refractivity contribution in [3.63, 3.8) is 0 Å². The molecule has 5 nitrogen and oxygen atoms in total. The molecule has 1 saturated heterocycles. The van der Waals surface area contributed by atoms with Crippen LogP contribution in [0.15, 0.2) is 63.1 Å². The van der Waals surface area contributed by atoms with Crippen molar-refractivity contribution < 1.29 is 17.5 Å². The molecule has 1 aliphatic heterocycles. The summed E-state index contributed by atoms with van der Waals surface area (Å²) in [5, 5.41) is 1.94. The molecule has 2 aromatic carbocycles. The molecule has 2 heterocycles. The van der Waals surface area contributed by atoms with Gasteiger partial charge in [-0.05, 0) is 42.0 Å². The van der Waals surface area contributed by atoms with Gasteiger partial charge in [0.15, 0.2) is 4.34 Å². The van der Waals surface area contributed by atoms with E-state index in [4.69, 9.17) is 4.74 Å². The Morgan fingerprint density at radius 3 is 2.66 bits per heavy atom. The van der Waals surface area contributed by atoms with E-state index in [0.717, 1.165) is 21.2 Å². The van der Waals surface area contributed by atoms with Gasteiger partial charge in [0.2, 0.25) is 10.0 Å². The molecule has 0 amide bonds. The minimum Gasteiger partial charge on any atom is -0.379 e. The van der Waals surface area contributed by atoms with Crippen molar-refractivity contribution >= 4 is 33.1 Å². The molecule has 0 N–H and O–H groups in total. The van der Waals surface area contributed by atoms with Gasteiger partial charge < -0.3 is 4.74 Å². The van der Waals surface area contributed by atoms with Crippen molar-refractivity contribution in [1.82, 2.24) is 9.29 Å². The molecule has 0 aliphatic carbocycles. The van der Waals surface area contributed by atoms with E-state index >= 15 is 0 Å². The summed E-state index contributed by atoms with van der Waals surface area (Å²) >= 11 is 3.07. The first kappa shape index (κ1) is 20.5. The molecular formula is C20H19FN2O3S3. The van der Waals surface area contributed by atoms with Gasteiger partial charge in [0.1, 0.15) is 5.82 Å². The topological polar surface area (TPSA) is 59.5 Å². The number of hydrogen-bond donors (Lipinski definition) is 0. The molecule has 1 aromatic heterocycles. The summed E-state index contributed by atoms with van der Waals surface area (Å²) in [6.07, 6.45) is 0. The number of sulfonamides is 1. The fraction of sp³-hybridized carbons (Fsp3) is 0.250. The lowest BCUT2D eigenvalue weighted by molar-refractivity contribution is 0.0730. The van der Waals surface area contributed by atoms with Crippen molar-refractivity contribution in [3.05, 3.63) is 65.3 Å². The predicted octanol–water partition coefficient (Wildman–Crippen LogP) is 4.26. The molecule has 0 spiro atoms. The first-order chi connectivity index (χ1) is 14.0. The number of aromatic nitrogens is 1. The molecule has 3 aromatic rings. The van der Waals surface area contributed by atoms with Gasteiger partial charge in [-0.3, -0.25) is 0 Å². The zero-order valence-electron chi connectivity index (χ0n) is 15.5. The average Bonchev–Trinajstić information content (AvgIpc) is 3.23. The van der Waals surface area contributed by atoms with Gasteiger partial charge in [-0.1, -0.05) is 23.9 Å². The van der Waals surface area contributed by atoms with Gasteiger partial charge in [-0.25, -0.2) is 17.8 Å². The average molecular weight is 451 g/mol. The Kier molecular flexibility index (Phi) is 6.31. The van der Waals surface area contributed by atoms with Crippen LogP contribution in [-0.2, 0) is 20.5 Å². The Balaban J connectivity index is 1.44. The molecule has 29 heavy (non-hydrogen) atoms. The number of thiazole rings is 1. The summed E-state index contributed by atoms with van der Waals surface area (Å²) in [4.78, 5) is 4.90. The van der Waals surface area contributed by atoms with E-state index in [1.54, 1.807) is 42.1 Å². The van der Waals surface area contributed by atoms with Crippen molar-refractivity contribution in [3.8, 4) is 11.3 Å². The Labute approximate surface area is 177 Å². The number of morpholine rings is 1. The molecular weight excluding hydrogens is 431 g/mol. The van der Waals surface area contributed by atoms with E-state index in [1.165, 1.54) is 27.8 Å². The fourth-order valence-corrected chi connectivity index (χ4v) is 6.21. The Morgan fingerprint density at radius 1 is 1.14 bits per heavy atom. The quantitative estimate of drug-likeness (QED) is 0.525. The number of rotatable bonds is 6. The van der Waals surface area contributed by atoms with E-state index in [2.05, 4.69) is 4.98 Å². The molecule has 0 saturated carbocycles. The monoisotopic (exact) mass is 450 g/mol.